The fourth-order valence-corrected chi connectivity index (χ4v) is 5.01. The van der Waals surface area contributed by atoms with Crippen molar-refractivity contribution in [3.63, 3.8) is 0 Å². The molecule has 1 saturated heterocycles. The van der Waals surface area contributed by atoms with Crippen LogP contribution in [0.3, 0.4) is 0 Å². The van der Waals surface area contributed by atoms with E-state index in [2.05, 4.69) is 29.7 Å². The van der Waals surface area contributed by atoms with Gasteiger partial charge in [-0.25, -0.2) is 15.0 Å². The molecule has 3 aromatic heterocycles. The third-order valence-electron chi connectivity index (χ3n) is 7.29. The lowest BCUT2D eigenvalue weighted by Crippen LogP contribution is -2.35. The number of hydrogen-bond acceptors (Lipinski definition) is 12. The van der Waals surface area contributed by atoms with Crippen molar-refractivity contribution in [2.24, 2.45) is 0 Å². The number of aromatic nitrogens is 3. The lowest BCUT2D eigenvalue weighted by atomic mass is 10.2. The molecule has 0 saturated carbocycles. The molecule has 0 N–H and O–H groups in total. The van der Waals surface area contributed by atoms with Crippen LogP contribution < -0.4 is 0 Å². The summed E-state index contributed by atoms with van der Waals surface area (Å²) in [7, 11) is 0. The van der Waals surface area contributed by atoms with Gasteiger partial charge in [-0.15, -0.1) is 0 Å². The van der Waals surface area contributed by atoms with Gasteiger partial charge >= 0.3 is 0 Å². The molecule has 0 unspecified atom stereocenters. The van der Waals surface area contributed by atoms with Crippen LogP contribution in [0.4, 0.5) is 17.1 Å². The molecular formula is C27H33N9O6. The first-order chi connectivity index (χ1) is 20.0. The summed E-state index contributed by atoms with van der Waals surface area (Å²) in [5, 5.41) is 33.7. The average molecular weight is 580 g/mol. The summed E-state index contributed by atoms with van der Waals surface area (Å²) in [6.45, 7) is 10.6. The van der Waals surface area contributed by atoms with E-state index >= 15 is 0 Å². The molecule has 0 aromatic carbocycles. The molecule has 222 valence electrons. The molecule has 15 nitrogen and oxygen atoms in total. The lowest BCUT2D eigenvalue weighted by Gasteiger charge is -2.25. The number of nitro groups is 3. The molecule has 1 aliphatic heterocycles. The minimum Gasteiger partial charge on any atom is -0.295 e. The van der Waals surface area contributed by atoms with E-state index in [1.807, 2.05) is 0 Å². The Hall–Kier alpha value is -4.47. The lowest BCUT2D eigenvalue weighted by molar-refractivity contribution is -0.385. The molecule has 1 aliphatic rings. The standard InChI is InChI=1S/C27H33N9O6/c1-19-25(34(37)38)7-4-22(28-19)16-31-10-12-32(17-23-5-8-26(35(39)40)20(2)29-23)14-15-33(13-11-31)18-24-6-9-27(36(41)42)21(3)30-24/h4-9H,10-18H2,1-3H3. The van der Waals surface area contributed by atoms with Crippen molar-refractivity contribution in [2.75, 3.05) is 39.3 Å². The predicted molar refractivity (Wildman–Crippen MR) is 153 cm³/mol. The number of pyridine rings is 3. The Kier molecular flexibility index (Phi) is 9.77. The van der Waals surface area contributed by atoms with Gasteiger partial charge in [-0.2, -0.15) is 0 Å². The first kappa shape index (κ1) is 30.5. The number of nitrogens with zero attached hydrogens (tertiary/aromatic N) is 9. The molecule has 0 aliphatic carbocycles. The van der Waals surface area contributed by atoms with Gasteiger partial charge in [-0.05, 0) is 39.0 Å². The van der Waals surface area contributed by atoms with Crippen LogP contribution in [0.1, 0.15) is 34.2 Å². The zero-order chi connectivity index (χ0) is 30.4. The molecule has 3 aromatic rings. The SMILES string of the molecule is Cc1nc(CN2CCN(Cc3ccc([N+](=O)[O-])c(C)n3)CCN(Cc3ccc([N+](=O)[O-])c(C)n3)CC2)ccc1[N+](=O)[O-]. The Labute approximate surface area is 242 Å². The highest BCUT2D eigenvalue weighted by molar-refractivity contribution is 5.36. The van der Waals surface area contributed by atoms with Gasteiger partial charge in [-0.1, -0.05) is 0 Å². The van der Waals surface area contributed by atoms with Crippen molar-refractivity contribution in [1.29, 1.82) is 0 Å². The summed E-state index contributed by atoms with van der Waals surface area (Å²) in [4.78, 5) is 52.5. The van der Waals surface area contributed by atoms with Crippen LogP contribution in [-0.4, -0.2) is 83.7 Å². The molecule has 1 fully saturated rings. The van der Waals surface area contributed by atoms with Crippen LogP contribution in [0.2, 0.25) is 0 Å². The maximum absolute atomic E-state index is 11.2. The van der Waals surface area contributed by atoms with E-state index in [4.69, 9.17) is 0 Å². The quantitative estimate of drug-likeness (QED) is 0.267. The van der Waals surface area contributed by atoms with Gasteiger partial charge in [0.25, 0.3) is 17.1 Å². The highest BCUT2D eigenvalue weighted by atomic mass is 16.6. The highest BCUT2D eigenvalue weighted by Gasteiger charge is 2.21. The molecule has 0 bridgehead atoms. The van der Waals surface area contributed by atoms with Crippen LogP contribution in [0.5, 0.6) is 0 Å². The van der Waals surface area contributed by atoms with Crippen molar-refractivity contribution < 1.29 is 14.8 Å². The zero-order valence-corrected chi connectivity index (χ0v) is 23.8. The minimum atomic E-state index is -0.440. The summed E-state index contributed by atoms with van der Waals surface area (Å²) in [6.07, 6.45) is 0. The van der Waals surface area contributed by atoms with Crippen molar-refractivity contribution in [3.8, 4) is 0 Å². The molecule has 4 heterocycles. The third kappa shape index (κ3) is 7.84. The molecular weight excluding hydrogens is 546 g/mol. The van der Waals surface area contributed by atoms with Gasteiger partial charge < -0.3 is 0 Å². The van der Waals surface area contributed by atoms with Gasteiger partial charge in [0.15, 0.2) is 0 Å². The monoisotopic (exact) mass is 579 g/mol. The number of rotatable bonds is 9. The molecule has 15 heteroatoms. The Morgan fingerprint density at radius 1 is 0.524 bits per heavy atom. The number of aryl methyl sites for hydroxylation is 3. The summed E-state index contributed by atoms with van der Waals surface area (Å²) in [6, 6.07) is 9.49. The van der Waals surface area contributed by atoms with Crippen LogP contribution in [0, 0.1) is 51.1 Å². The van der Waals surface area contributed by atoms with Crippen LogP contribution in [0.25, 0.3) is 0 Å². The largest absolute Gasteiger partial charge is 0.295 e. The summed E-state index contributed by atoms with van der Waals surface area (Å²) in [5.74, 6) is 0. The second-order valence-electron chi connectivity index (χ2n) is 10.3. The average Bonchev–Trinajstić information content (AvgIpc) is 3.00. The van der Waals surface area contributed by atoms with E-state index in [0.717, 1.165) is 17.1 Å². The maximum Gasteiger partial charge on any atom is 0.290 e. The predicted octanol–water partition coefficient (Wildman–Crippen LogP) is 3.34. The van der Waals surface area contributed by atoms with Crippen molar-refractivity contribution in [1.82, 2.24) is 29.7 Å². The summed E-state index contributed by atoms with van der Waals surface area (Å²) in [5.41, 5.74) is 3.24. The van der Waals surface area contributed by atoms with Gasteiger partial charge in [0, 0.05) is 77.1 Å². The van der Waals surface area contributed by atoms with Crippen molar-refractivity contribution >= 4 is 17.1 Å². The van der Waals surface area contributed by atoms with Crippen molar-refractivity contribution in [2.45, 2.75) is 40.4 Å². The van der Waals surface area contributed by atoms with E-state index in [9.17, 15) is 30.3 Å². The second kappa shape index (κ2) is 13.5. The number of hydrogen-bond donors (Lipinski definition) is 0. The first-order valence-electron chi connectivity index (χ1n) is 13.5. The Bertz CT molecular complexity index is 1300. The highest BCUT2D eigenvalue weighted by Crippen LogP contribution is 2.20. The van der Waals surface area contributed by atoms with Crippen LogP contribution >= 0.6 is 0 Å². The Morgan fingerprint density at radius 3 is 0.952 bits per heavy atom. The smallest absolute Gasteiger partial charge is 0.290 e. The fraction of sp³-hybridized carbons (Fsp3) is 0.444. The summed E-state index contributed by atoms with van der Waals surface area (Å²) >= 11 is 0. The Balaban J connectivity index is 1.53. The van der Waals surface area contributed by atoms with Gasteiger partial charge in [0.2, 0.25) is 0 Å². The molecule has 0 spiro atoms. The third-order valence-corrected chi connectivity index (χ3v) is 7.29. The van der Waals surface area contributed by atoms with Crippen LogP contribution in [-0.2, 0) is 19.6 Å². The van der Waals surface area contributed by atoms with E-state index in [0.29, 0.717) is 76.0 Å². The van der Waals surface area contributed by atoms with Crippen LogP contribution in [0.15, 0.2) is 36.4 Å². The van der Waals surface area contributed by atoms with E-state index < -0.39 is 14.8 Å². The fourth-order valence-electron chi connectivity index (χ4n) is 5.01. The van der Waals surface area contributed by atoms with Crippen molar-refractivity contribution in [3.05, 3.63) is 101 Å². The Morgan fingerprint density at radius 2 is 0.762 bits per heavy atom. The van der Waals surface area contributed by atoms with Gasteiger partial charge in [0.05, 0.1) is 31.9 Å². The minimum absolute atomic E-state index is 0.0163. The molecule has 42 heavy (non-hydrogen) atoms. The van der Waals surface area contributed by atoms with E-state index in [-0.39, 0.29) is 17.1 Å². The molecule has 0 amide bonds. The first-order valence-corrected chi connectivity index (χ1v) is 13.5. The molecule has 0 atom stereocenters. The van der Waals surface area contributed by atoms with E-state index in [1.165, 1.54) is 18.2 Å². The van der Waals surface area contributed by atoms with E-state index in [1.54, 1.807) is 39.0 Å². The second-order valence-corrected chi connectivity index (χ2v) is 10.3. The van der Waals surface area contributed by atoms with Gasteiger partial charge in [0.1, 0.15) is 17.1 Å². The molecule has 4 rings (SSSR count). The summed E-state index contributed by atoms with van der Waals surface area (Å²) < 4.78 is 0. The normalized spacial score (nSPS) is 15.5. The maximum atomic E-state index is 11.2. The topological polar surface area (TPSA) is 178 Å². The van der Waals surface area contributed by atoms with Gasteiger partial charge in [-0.3, -0.25) is 45.0 Å². The zero-order valence-electron chi connectivity index (χ0n) is 23.8. The molecule has 0 radical (unpaired) electrons.